The van der Waals surface area contributed by atoms with Crippen LogP contribution in [0.15, 0.2) is 24.3 Å². The Morgan fingerprint density at radius 1 is 1.00 bits per heavy atom. The van der Waals surface area contributed by atoms with Crippen LogP contribution >= 0.6 is 11.6 Å². The second-order valence-corrected chi connectivity index (χ2v) is 6.51. The first kappa shape index (κ1) is 20.7. The summed E-state index contributed by atoms with van der Waals surface area (Å²) in [4.78, 5) is 12.2. The zero-order chi connectivity index (χ0) is 20.0. The van der Waals surface area contributed by atoms with E-state index in [-0.39, 0.29) is 6.03 Å². The third kappa shape index (κ3) is 5.20. The number of carbonyl (C=O) groups is 1. The molecular formula is C20H25ClN2O4. The van der Waals surface area contributed by atoms with Crippen LogP contribution in [0.4, 0.5) is 10.5 Å². The van der Waals surface area contributed by atoms with E-state index in [1.54, 1.807) is 21.3 Å². The second kappa shape index (κ2) is 9.37. The van der Waals surface area contributed by atoms with Gasteiger partial charge in [0.05, 0.1) is 32.0 Å². The summed E-state index contributed by atoms with van der Waals surface area (Å²) in [7, 11) is 4.70. The lowest BCUT2D eigenvalue weighted by atomic mass is 10.1. The minimum Gasteiger partial charge on any atom is -0.493 e. The third-order valence-corrected chi connectivity index (χ3v) is 4.39. The summed E-state index contributed by atoms with van der Waals surface area (Å²) in [5.41, 5.74) is 3.53. The molecule has 0 bridgehead atoms. The van der Waals surface area contributed by atoms with Crippen molar-refractivity contribution in [1.82, 2.24) is 5.32 Å². The van der Waals surface area contributed by atoms with Crippen molar-refractivity contribution in [3.63, 3.8) is 0 Å². The predicted octanol–water partition coefficient (Wildman–Crippen LogP) is 4.35. The Bertz CT molecular complexity index is 776. The molecule has 0 heterocycles. The fourth-order valence-electron chi connectivity index (χ4n) is 2.83. The van der Waals surface area contributed by atoms with Gasteiger partial charge in [-0.1, -0.05) is 17.7 Å². The Morgan fingerprint density at radius 2 is 1.63 bits per heavy atom. The Kier molecular flexibility index (Phi) is 7.19. The van der Waals surface area contributed by atoms with E-state index in [0.717, 1.165) is 16.7 Å². The van der Waals surface area contributed by atoms with E-state index in [1.807, 2.05) is 38.1 Å². The molecule has 0 radical (unpaired) electrons. The lowest BCUT2D eigenvalue weighted by Gasteiger charge is -2.15. The molecule has 6 nitrogen and oxygen atoms in total. The van der Waals surface area contributed by atoms with Crippen molar-refractivity contribution in [1.29, 1.82) is 0 Å². The van der Waals surface area contributed by atoms with Crippen molar-refractivity contribution < 1.29 is 19.0 Å². The summed E-state index contributed by atoms with van der Waals surface area (Å²) in [6.45, 7) is 4.30. The van der Waals surface area contributed by atoms with E-state index < -0.39 is 0 Å². The van der Waals surface area contributed by atoms with Crippen LogP contribution in [0.3, 0.4) is 0 Å². The fraction of sp³-hybridized carbons (Fsp3) is 0.350. The van der Waals surface area contributed by atoms with Gasteiger partial charge in [-0.3, -0.25) is 0 Å². The molecule has 0 atom stereocenters. The number of urea groups is 1. The van der Waals surface area contributed by atoms with Crippen LogP contribution in [0.2, 0.25) is 5.02 Å². The number of rotatable bonds is 7. The average molecular weight is 393 g/mol. The zero-order valence-corrected chi connectivity index (χ0v) is 17.0. The van der Waals surface area contributed by atoms with E-state index in [9.17, 15) is 4.79 Å². The first-order valence-corrected chi connectivity index (χ1v) is 8.87. The van der Waals surface area contributed by atoms with Gasteiger partial charge in [0.1, 0.15) is 0 Å². The molecule has 0 spiro atoms. The highest BCUT2D eigenvalue weighted by molar-refractivity contribution is 6.34. The molecule has 2 aromatic carbocycles. The number of nitrogens with one attached hydrogen (secondary N) is 2. The van der Waals surface area contributed by atoms with Gasteiger partial charge >= 0.3 is 6.03 Å². The maximum Gasteiger partial charge on any atom is 0.319 e. The van der Waals surface area contributed by atoms with E-state index in [4.69, 9.17) is 25.8 Å². The van der Waals surface area contributed by atoms with Crippen LogP contribution in [-0.4, -0.2) is 33.9 Å². The van der Waals surface area contributed by atoms with Crippen LogP contribution < -0.4 is 24.8 Å². The molecule has 0 saturated heterocycles. The second-order valence-electron chi connectivity index (χ2n) is 6.10. The van der Waals surface area contributed by atoms with E-state index >= 15 is 0 Å². The first-order chi connectivity index (χ1) is 12.9. The van der Waals surface area contributed by atoms with Crippen molar-refractivity contribution in [2.75, 3.05) is 33.2 Å². The van der Waals surface area contributed by atoms with Crippen molar-refractivity contribution in [2.24, 2.45) is 0 Å². The van der Waals surface area contributed by atoms with Gasteiger partial charge in [-0.15, -0.1) is 0 Å². The predicted molar refractivity (Wildman–Crippen MR) is 108 cm³/mol. The fourth-order valence-corrected chi connectivity index (χ4v) is 3.20. The van der Waals surface area contributed by atoms with Gasteiger partial charge in [0, 0.05) is 6.54 Å². The Balaban J connectivity index is 1.99. The van der Waals surface area contributed by atoms with Crippen LogP contribution in [0.25, 0.3) is 0 Å². The number of aryl methyl sites for hydroxylation is 2. The average Bonchev–Trinajstić information content (AvgIpc) is 2.63. The molecule has 0 aromatic heterocycles. The minimum absolute atomic E-state index is 0.309. The molecule has 27 heavy (non-hydrogen) atoms. The van der Waals surface area contributed by atoms with E-state index in [0.29, 0.717) is 40.9 Å². The minimum atomic E-state index is -0.309. The lowest BCUT2D eigenvalue weighted by molar-refractivity contribution is 0.252. The summed E-state index contributed by atoms with van der Waals surface area (Å²) < 4.78 is 16.0. The number of methoxy groups -OCH3 is 3. The molecule has 2 rings (SSSR count). The largest absolute Gasteiger partial charge is 0.493 e. The first-order valence-electron chi connectivity index (χ1n) is 8.50. The topological polar surface area (TPSA) is 68.8 Å². The lowest BCUT2D eigenvalue weighted by Crippen LogP contribution is -2.30. The number of ether oxygens (including phenoxy) is 3. The van der Waals surface area contributed by atoms with E-state index in [1.165, 1.54) is 0 Å². The van der Waals surface area contributed by atoms with Crippen molar-refractivity contribution in [2.45, 2.75) is 20.3 Å². The summed E-state index contributed by atoms with van der Waals surface area (Å²) in [6, 6.07) is 7.21. The summed E-state index contributed by atoms with van der Waals surface area (Å²) >= 11 is 6.22. The Labute approximate surface area is 164 Å². The normalized spacial score (nSPS) is 10.3. The van der Waals surface area contributed by atoms with Crippen molar-refractivity contribution in [3.05, 3.63) is 46.0 Å². The quantitative estimate of drug-likeness (QED) is 0.735. The SMILES string of the molecule is COc1cc(CCNC(=O)Nc2c(C)cc(C)cc2Cl)cc(OC)c1OC. The molecular weight excluding hydrogens is 368 g/mol. The van der Waals surface area contributed by atoms with Crippen LogP contribution in [0.5, 0.6) is 17.2 Å². The molecule has 0 aliphatic carbocycles. The van der Waals surface area contributed by atoms with Gasteiger partial charge in [-0.25, -0.2) is 4.79 Å². The summed E-state index contributed by atoms with van der Waals surface area (Å²) in [6.07, 6.45) is 0.602. The summed E-state index contributed by atoms with van der Waals surface area (Å²) in [5, 5.41) is 6.16. The maximum absolute atomic E-state index is 12.2. The molecule has 7 heteroatoms. The van der Waals surface area contributed by atoms with Crippen LogP contribution in [-0.2, 0) is 6.42 Å². The van der Waals surface area contributed by atoms with Gasteiger partial charge in [0.15, 0.2) is 11.5 Å². The number of hydrogen-bond donors (Lipinski definition) is 2. The van der Waals surface area contributed by atoms with Crippen molar-refractivity contribution in [3.8, 4) is 17.2 Å². The number of carbonyl (C=O) groups excluding carboxylic acids is 1. The van der Waals surface area contributed by atoms with Gasteiger partial charge in [0.2, 0.25) is 5.75 Å². The number of benzene rings is 2. The van der Waals surface area contributed by atoms with Crippen LogP contribution in [0.1, 0.15) is 16.7 Å². The van der Waals surface area contributed by atoms with E-state index in [2.05, 4.69) is 10.6 Å². The van der Waals surface area contributed by atoms with Crippen LogP contribution in [0, 0.1) is 13.8 Å². The Hall–Kier alpha value is -2.60. The smallest absolute Gasteiger partial charge is 0.319 e. The van der Waals surface area contributed by atoms with Gasteiger partial charge in [-0.2, -0.15) is 0 Å². The molecule has 0 fully saturated rings. The number of hydrogen-bond acceptors (Lipinski definition) is 4. The maximum atomic E-state index is 12.2. The molecule has 0 unspecified atom stereocenters. The van der Waals surface area contributed by atoms with Gasteiger partial charge in [0.25, 0.3) is 0 Å². The highest BCUT2D eigenvalue weighted by Crippen LogP contribution is 2.38. The molecule has 2 aromatic rings. The van der Waals surface area contributed by atoms with Crippen molar-refractivity contribution >= 4 is 23.3 Å². The highest BCUT2D eigenvalue weighted by Gasteiger charge is 2.13. The number of anilines is 1. The number of halogens is 1. The molecule has 146 valence electrons. The monoisotopic (exact) mass is 392 g/mol. The van der Waals surface area contributed by atoms with Gasteiger partial charge < -0.3 is 24.8 Å². The zero-order valence-electron chi connectivity index (χ0n) is 16.2. The Morgan fingerprint density at radius 3 is 2.15 bits per heavy atom. The molecule has 0 aliphatic rings. The van der Waals surface area contributed by atoms with Gasteiger partial charge in [-0.05, 0) is 55.2 Å². The molecule has 0 saturated carbocycles. The molecule has 0 aliphatic heterocycles. The number of amides is 2. The standard InChI is InChI=1S/C20H25ClN2O4/c1-12-8-13(2)18(15(21)9-12)23-20(24)22-7-6-14-10-16(25-3)19(27-5)17(11-14)26-4/h8-11H,6-7H2,1-5H3,(H2,22,23,24). The molecule has 2 N–H and O–H groups in total. The summed E-state index contributed by atoms with van der Waals surface area (Å²) in [5.74, 6) is 1.70. The highest BCUT2D eigenvalue weighted by atomic mass is 35.5. The molecule has 2 amide bonds. The third-order valence-electron chi connectivity index (χ3n) is 4.09.